The molecule has 0 unspecified atom stereocenters. The van der Waals surface area contributed by atoms with E-state index < -0.39 is 0 Å². The maximum absolute atomic E-state index is 11.9. The van der Waals surface area contributed by atoms with Gasteiger partial charge >= 0.3 is 0 Å². The van der Waals surface area contributed by atoms with E-state index in [4.69, 9.17) is 11.6 Å². The predicted molar refractivity (Wildman–Crippen MR) is 87.7 cm³/mol. The Morgan fingerprint density at radius 1 is 1.19 bits per heavy atom. The largest absolute Gasteiger partial charge is 0.325 e. The van der Waals surface area contributed by atoms with Crippen LogP contribution in [0.1, 0.15) is 24.1 Å². The summed E-state index contributed by atoms with van der Waals surface area (Å²) in [4.78, 5) is 11.9. The molecule has 1 amide bonds. The molecule has 0 spiro atoms. The Labute approximate surface area is 130 Å². The van der Waals surface area contributed by atoms with E-state index in [9.17, 15) is 4.79 Å². The minimum absolute atomic E-state index is 0.0724. The Bertz CT molecular complexity index is 610. The Kier molecular flexibility index (Phi) is 5.37. The quantitative estimate of drug-likeness (QED) is 0.878. The summed E-state index contributed by atoms with van der Waals surface area (Å²) < 4.78 is 0. The summed E-state index contributed by atoms with van der Waals surface area (Å²) in [6.07, 6.45) is 0. The summed E-state index contributed by atoms with van der Waals surface area (Å²) in [5.74, 6) is -0.0724. The number of rotatable bonds is 5. The molecule has 0 heterocycles. The second-order valence-electron chi connectivity index (χ2n) is 5.07. The highest BCUT2D eigenvalue weighted by molar-refractivity contribution is 6.30. The van der Waals surface area contributed by atoms with Crippen molar-refractivity contribution in [3.8, 4) is 0 Å². The zero-order valence-corrected chi connectivity index (χ0v) is 12.9. The molecule has 0 aliphatic rings. The van der Waals surface area contributed by atoms with Crippen LogP contribution in [0.4, 0.5) is 5.69 Å². The zero-order chi connectivity index (χ0) is 15.2. The molecule has 2 N–H and O–H groups in total. The molecule has 110 valence electrons. The second-order valence-corrected chi connectivity index (χ2v) is 5.51. The molecule has 0 bridgehead atoms. The maximum Gasteiger partial charge on any atom is 0.238 e. The molecule has 2 aromatic carbocycles. The van der Waals surface area contributed by atoms with Crippen molar-refractivity contribution >= 4 is 23.2 Å². The van der Waals surface area contributed by atoms with E-state index in [0.717, 1.165) is 5.69 Å². The van der Waals surface area contributed by atoms with Crippen molar-refractivity contribution in [3.63, 3.8) is 0 Å². The van der Waals surface area contributed by atoms with Gasteiger partial charge in [0.25, 0.3) is 0 Å². The molecular formula is C17H19ClN2O. The van der Waals surface area contributed by atoms with Crippen molar-refractivity contribution in [1.82, 2.24) is 5.32 Å². The number of aryl methyl sites for hydroxylation is 1. The molecule has 0 aliphatic heterocycles. The minimum Gasteiger partial charge on any atom is -0.325 e. The summed E-state index contributed by atoms with van der Waals surface area (Å²) in [7, 11) is 0. The van der Waals surface area contributed by atoms with Gasteiger partial charge < -0.3 is 10.6 Å². The van der Waals surface area contributed by atoms with Crippen LogP contribution in [0.2, 0.25) is 5.02 Å². The van der Waals surface area contributed by atoms with Crippen molar-refractivity contribution in [3.05, 3.63) is 64.7 Å². The third-order valence-electron chi connectivity index (χ3n) is 3.24. The Balaban J connectivity index is 1.84. The topological polar surface area (TPSA) is 41.1 Å². The maximum atomic E-state index is 11.9. The molecule has 0 aromatic heterocycles. The summed E-state index contributed by atoms with van der Waals surface area (Å²) in [5, 5.41) is 6.70. The lowest BCUT2D eigenvalue weighted by Gasteiger charge is -2.14. The molecule has 0 aliphatic carbocycles. The van der Waals surface area contributed by atoms with Crippen LogP contribution in [0.3, 0.4) is 0 Å². The normalized spacial score (nSPS) is 12.0. The number of amides is 1. The molecule has 0 fully saturated rings. The number of hydrogen-bond donors (Lipinski definition) is 2. The van der Waals surface area contributed by atoms with Crippen molar-refractivity contribution in [1.29, 1.82) is 0 Å². The van der Waals surface area contributed by atoms with Crippen LogP contribution in [0.15, 0.2) is 48.5 Å². The second kappa shape index (κ2) is 7.25. The number of hydrogen-bond acceptors (Lipinski definition) is 2. The van der Waals surface area contributed by atoms with Crippen molar-refractivity contribution in [2.75, 3.05) is 11.9 Å². The van der Waals surface area contributed by atoms with Gasteiger partial charge in [-0.3, -0.25) is 4.79 Å². The lowest BCUT2D eigenvalue weighted by Crippen LogP contribution is -2.30. The third kappa shape index (κ3) is 4.88. The van der Waals surface area contributed by atoms with Crippen LogP contribution >= 0.6 is 11.6 Å². The average Bonchev–Trinajstić information content (AvgIpc) is 2.47. The average molecular weight is 303 g/mol. The van der Waals surface area contributed by atoms with Gasteiger partial charge in [0.2, 0.25) is 5.91 Å². The highest BCUT2D eigenvalue weighted by Gasteiger charge is 2.08. The first-order valence-electron chi connectivity index (χ1n) is 6.90. The standard InChI is InChI=1S/C17H19ClN2O/c1-12-4-3-5-14(10-12)13(2)19-11-17(21)20-16-8-6-15(18)7-9-16/h3-10,13,19H,11H2,1-2H3,(H,20,21)/t13-/m0/s1. The van der Waals surface area contributed by atoms with Crippen molar-refractivity contribution in [2.24, 2.45) is 0 Å². The van der Waals surface area contributed by atoms with Gasteiger partial charge in [0, 0.05) is 16.8 Å². The minimum atomic E-state index is -0.0724. The van der Waals surface area contributed by atoms with Crippen LogP contribution < -0.4 is 10.6 Å². The monoisotopic (exact) mass is 302 g/mol. The molecule has 3 nitrogen and oxygen atoms in total. The van der Waals surface area contributed by atoms with Gasteiger partial charge in [-0.25, -0.2) is 0 Å². The van der Waals surface area contributed by atoms with E-state index >= 15 is 0 Å². The highest BCUT2D eigenvalue weighted by Crippen LogP contribution is 2.14. The van der Waals surface area contributed by atoms with Gasteiger partial charge in [0.15, 0.2) is 0 Å². The van der Waals surface area contributed by atoms with E-state index in [0.29, 0.717) is 5.02 Å². The molecular weight excluding hydrogens is 284 g/mol. The van der Waals surface area contributed by atoms with E-state index in [-0.39, 0.29) is 18.5 Å². The zero-order valence-electron chi connectivity index (χ0n) is 12.2. The summed E-state index contributed by atoms with van der Waals surface area (Å²) in [6, 6.07) is 15.5. The van der Waals surface area contributed by atoms with Crippen molar-refractivity contribution < 1.29 is 4.79 Å². The van der Waals surface area contributed by atoms with E-state index in [1.165, 1.54) is 11.1 Å². The molecule has 2 rings (SSSR count). The van der Waals surface area contributed by atoms with Crippen LogP contribution in [0.25, 0.3) is 0 Å². The molecule has 4 heteroatoms. The van der Waals surface area contributed by atoms with E-state index in [2.05, 4.69) is 35.8 Å². The molecule has 1 atom stereocenters. The van der Waals surface area contributed by atoms with Crippen LogP contribution in [-0.4, -0.2) is 12.5 Å². The molecule has 21 heavy (non-hydrogen) atoms. The lowest BCUT2D eigenvalue weighted by atomic mass is 10.1. The molecule has 0 saturated heterocycles. The van der Waals surface area contributed by atoms with Gasteiger partial charge in [0.05, 0.1) is 6.54 Å². The fraction of sp³-hybridized carbons (Fsp3) is 0.235. The number of benzene rings is 2. The van der Waals surface area contributed by atoms with E-state index in [1.807, 2.05) is 13.0 Å². The Morgan fingerprint density at radius 3 is 2.57 bits per heavy atom. The first kappa shape index (κ1) is 15.5. The number of nitrogens with one attached hydrogen (secondary N) is 2. The number of carbonyl (C=O) groups is 1. The smallest absolute Gasteiger partial charge is 0.238 e. The number of anilines is 1. The molecule has 0 radical (unpaired) electrons. The first-order valence-corrected chi connectivity index (χ1v) is 7.28. The van der Waals surface area contributed by atoms with Gasteiger partial charge in [-0.15, -0.1) is 0 Å². The SMILES string of the molecule is Cc1cccc([C@H](C)NCC(=O)Nc2ccc(Cl)cc2)c1. The molecule has 2 aromatic rings. The van der Waals surface area contributed by atoms with Gasteiger partial charge in [-0.1, -0.05) is 41.4 Å². The number of halogens is 1. The van der Waals surface area contributed by atoms with Gasteiger partial charge in [-0.2, -0.15) is 0 Å². The first-order chi connectivity index (χ1) is 10.0. The Morgan fingerprint density at radius 2 is 1.90 bits per heavy atom. The van der Waals surface area contributed by atoms with Crippen molar-refractivity contribution in [2.45, 2.75) is 19.9 Å². The predicted octanol–water partition coefficient (Wildman–Crippen LogP) is 3.94. The van der Waals surface area contributed by atoms with Gasteiger partial charge in [0.1, 0.15) is 0 Å². The van der Waals surface area contributed by atoms with E-state index in [1.54, 1.807) is 24.3 Å². The van der Waals surface area contributed by atoms with Gasteiger partial charge in [-0.05, 0) is 43.7 Å². The summed E-state index contributed by atoms with van der Waals surface area (Å²) in [6.45, 7) is 4.37. The fourth-order valence-corrected chi connectivity index (χ4v) is 2.17. The third-order valence-corrected chi connectivity index (χ3v) is 3.49. The van der Waals surface area contributed by atoms with Crippen LogP contribution in [0, 0.1) is 6.92 Å². The van der Waals surface area contributed by atoms with Crippen LogP contribution in [0.5, 0.6) is 0 Å². The lowest BCUT2D eigenvalue weighted by molar-refractivity contribution is -0.115. The summed E-state index contributed by atoms with van der Waals surface area (Å²) >= 11 is 5.81. The van der Waals surface area contributed by atoms with Crippen LogP contribution in [-0.2, 0) is 4.79 Å². The summed E-state index contributed by atoms with van der Waals surface area (Å²) in [5.41, 5.74) is 3.13. The number of carbonyl (C=O) groups excluding carboxylic acids is 1. The Hall–Kier alpha value is -1.84. The fourth-order valence-electron chi connectivity index (χ4n) is 2.04. The molecule has 0 saturated carbocycles. The highest BCUT2D eigenvalue weighted by atomic mass is 35.5.